The number of alkyl halides is 2. The predicted octanol–water partition coefficient (Wildman–Crippen LogP) is 4.18. The summed E-state index contributed by atoms with van der Waals surface area (Å²) in [7, 11) is -3.64. The highest BCUT2D eigenvalue weighted by Gasteiger charge is 2.44. The van der Waals surface area contributed by atoms with Gasteiger partial charge in [-0.15, -0.1) is 0 Å². The molecular weight excluding hydrogens is 554 g/mol. The highest BCUT2D eigenvalue weighted by molar-refractivity contribution is 7.93. The van der Waals surface area contributed by atoms with Crippen LogP contribution >= 0.6 is 0 Å². The standard InChI is InChI=1S/C28H36F2N6O4S/c1-19-16-24(33-26(31-19)36-13-9-28(29,30)10-14-36)32-25(37)22-3-2-20(34-41(38,39)21-4-15-40-18-21)17-23(22)35-11-7-27(5-6-27)8-12-35/h2-3,16-17,21,34H,4-15,18H2,1H3,(H,31,32,33,37). The lowest BCUT2D eigenvalue weighted by atomic mass is 9.93. The Kier molecular flexibility index (Phi) is 7.29. The van der Waals surface area contributed by atoms with Crippen LogP contribution in [0.1, 0.15) is 61.0 Å². The molecule has 3 saturated heterocycles. The molecule has 4 heterocycles. The number of amides is 1. The molecule has 1 unspecified atom stereocenters. The highest BCUT2D eigenvalue weighted by atomic mass is 32.2. The number of hydrogen-bond acceptors (Lipinski definition) is 8. The molecule has 0 radical (unpaired) electrons. The van der Waals surface area contributed by atoms with Gasteiger partial charge in [-0.05, 0) is 62.6 Å². The van der Waals surface area contributed by atoms with Gasteiger partial charge in [0.1, 0.15) is 11.1 Å². The normalized spacial score (nSPS) is 23.4. The van der Waals surface area contributed by atoms with Crippen molar-refractivity contribution in [3.63, 3.8) is 0 Å². The smallest absolute Gasteiger partial charge is 0.258 e. The van der Waals surface area contributed by atoms with Crippen molar-refractivity contribution >= 4 is 39.1 Å². The fourth-order valence-corrected chi connectivity index (χ4v) is 7.23. The summed E-state index contributed by atoms with van der Waals surface area (Å²) in [6, 6.07) is 6.61. The zero-order valence-electron chi connectivity index (χ0n) is 23.2. The molecule has 2 aromatic rings. The van der Waals surface area contributed by atoms with Gasteiger partial charge >= 0.3 is 0 Å². The molecule has 6 rings (SSSR count). The van der Waals surface area contributed by atoms with Crippen molar-refractivity contribution in [2.75, 3.05) is 59.2 Å². The molecule has 13 heteroatoms. The SMILES string of the molecule is Cc1cc(NC(=O)c2ccc(NS(=O)(=O)C3CCOC3)cc2N2CCC3(CC2)CC3)nc(N2CCC(F)(F)CC2)n1. The van der Waals surface area contributed by atoms with Gasteiger partial charge in [-0.25, -0.2) is 22.2 Å². The van der Waals surface area contributed by atoms with Crippen molar-refractivity contribution in [3.05, 3.63) is 35.5 Å². The number of benzene rings is 1. The minimum absolute atomic E-state index is 0.134. The molecule has 222 valence electrons. The number of halogens is 2. The molecule has 1 saturated carbocycles. The fourth-order valence-electron chi connectivity index (χ4n) is 5.93. The van der Waals surface area contributed by atoms with Crippen LogP contribution in [0.4, 0.5) is 31.9 Å². The average molecular weight is 591 g/mol. The van der Waals surface area contributed by atoms with Crippen LogP contribution in [0.2, 0.25) is 0 Å². The Morgan fingerprint density at radius 3 is 2.37 bits per heavy atom. The summed E-state index contributed by atoms with van der Waals surface area (Å²) in [4.78, 5) is 26.4. The highest BCUT2D eigenvalue weighted by Crippen LogP contribution is 2.54. The van der Waals surface area contributed by atoms with Crippen LogP contribution < -0.4 is 19.8 Å². The van der Waals surface area contributed by atoms with Gasteiger partial charge in [0.05, 0.1) is 23.5 Å². The first-order valence-electron chi connectivity index (χ1n) is 14.3. The molecule has 4 fully saturated rings. The Balaban J connectivity index is 1.24. The van der Waals surface area contributed by atoms with E-state index < -0.39 is 21.2 Å². The van der Waals surface area contributed by atoms with Crippen molar-refractivity contribution in [3.8, 4) is 0 Å². The van der Waals surface area contributed by atoms with E-state index in [1.165, 1.54) is 12.8 Å². The average Bonchev–Trinajstić information content (AvgIpc) is 3.42. The number of aryl methyl sites for hydroxylation is 1. The van der Waals surface area contributed by atoms with E-state index in [1.807, 2.05) is 0 Å². The zero-order chi connectivity index (χ0) is 28.8. The monoisotopic (exact) mass is 590 g/mol. The van der Waals surface area contributed by atoms with Gasteiger partial charge < -0.3 is 19.9 Å². The molecule has 0 bridgehead atoms. The lowest BCUT2D eigenvalue weighted by Crippen LogP contribution is -2.40. The molecule has 2 N–H and O–H groups in total. The van der Waals surface area contributed by atoms with Crippen LogP contribution in [-0.4, -0.2) is 74.9 Å². The quantitative estimate of drug-likeness (QED) is 0.493. The van der Waals surface area contributed by atoms with Gasteiger partial charge in [0, 0.05) is 57.4 Å². The van der Waals surface area contributed by atoms with Crippen LogP contribution in [0.5, 0.6) is 0 Å². The van der Waals surface area contributed by atoms with E-state index in [9.17, 15) is 22.0 Å². The summed E-state index contributed by atoms with van der Waals surface area (Å²) in [5.74, 6) is -2.49. The van der Waals surface area contributed by atoms with Crippen molar-refractivity contribution in [1.82, 2.24) is 9.97 Å². The summed E-state index contributed by atoms with van der Waals surface area (Å²) in [5.41, 5.74) is 2.49. The minimum atomic E-state index is -3.64. The maximum atomic E-state index is 13.7. The van der Waals surface area contributed by atoms with Gasteiger partial charge in [0.15, 0.2) is 0 Å². The second kappa shape index (κ2) is 10.6. The fraction of sp³-hybridized carbons (Fsp3) is 0.607. The molecule has 41 heavy (non-hydrogen) atoms. The zero-order valence-corrected chi connectivity index (χ0v) is 24.0. The number of hydrogen-bond donors (Lipinski definition) is 2. The second-order valence-corrected chi connectivity index (χ2v) is 13.8. The molecule has 3 aliphatic heterocycles. The Morgan fingerprint density at radius 1 is 1.00 bits per heavy atom. The van der Waals surface area contributed by atoms with E-state index in [2.05, 4.69) is 24.9 Å². The molecule has 1 spiro atoms. The Bertz CT molecular complexity index is 1410. The number of rotatable bonds is 7. The Labute approximate surface area is 238 Å². The first-order valence-corrected chi connectivity index (χ1v) is 15.8. The lowest BCUT2D eigenvalue weighted by molar-refractivity contribution is -0.0222. The molecule has 1 aromatic carbocycles. The van der Waals surface area contributed by atoms with E-state index in [0.717, 1.165) is 25.9 Å². The lowest BCUT2D eigenvalue weighted by Gasteiger charge is -2.35. The number of aromatic nitrogens is 2. The summed E-state index contributed by atoms with van der Waals surface area (Å²) in [5, 5.41) is 2.26. The van der Waals surface area contributed by atoms with Crippen molar-refractivity contribution in [2.45, 2.75) is 63.0 Å². The van der Waals surface area contributed by atoms with Gasteiger partial charge in [0.2, 0.25) is 16.0 Å². The number of nitrogens with one attached hydrogen (secondary N) is 2. The van der Waals surface area contributed by atoms with Crippen LogP contribution in [0.25, 0.3) is 0 Å². The molecule has 4 aliphatic rings. The number of piperidine rings is 2. The molecule has 1 aromatic heterocycles. The maximum absolute atomic E-state index is 13.7. The maximum Gasteiger partial charge on any atom is 0.258 e. The van der Waals surface area contributed by atoms with Crippen molar-refractivity contribution in [1.29, 1.82) is 0 Å². The van der Waals surface area contributed by atoms with Crippen LogP contribution in [0.15, 0.2) is 24.3 Å². The topological polar surface area (TPSA) is 117 Å². The number of carbonyl (C=O) groups is 1. The predicted molar refractivity (Wildman–Crippen MR) is 152 cm³/mol. The number of nitrogens with zero attached hydrogens (tertiary/aromatic N) is 4. The molecule has 1 amide bonds. The number of sulfonamides is 1. The number of carbonyl (C=O) groups excluding carboxylic acids is 1. The number of anilines is 4. The van der Waals surface area contributed by atoms with Crippen LogP contribution in [0, 0.1) is 12.3 Å². The van der Waals surface area contributed by atoms with Gasteiger partial charge in [-0.3, -0.25) is 9.52 Å². The third kappa shape index (κ3) is 6.25. The first-order chi connectivity index (χ1) is 19.5. The largest absolute Gasteiger partial charge is 0.380 e. The van der Waals surface area contributed by atoms with Gasteiger partial charge in [-0.1, -0.05) is 0 Å². The molecule has 1 atom stereocenters. The van der Waals surface area contributed by atoms with Crippen molar-refractivity contribution in [2.24, 2.45) is 5.41 Å². The summed E-state index contributed by atoms with van der Waals surface area (Å²) in [6.07, 6.45) is 4.45. The molecular formula is C28H36F2N6O4S. The first kappa shape index (κ1) is 28.1. The van der Waals surface area contributed by atoms with E-state index >= 15 is 0 Å². The second-order valence-electron chi connectivity index (χ2n) is 11.8. The van der Waals surface area contributed by atoms with E-state index in [-0.39, 0.29) is 44.3 Å². The van der Waals surface area contributed by atoms with E-state index in [4.69, 9.17) is 4.74 Å². The van der Waals surface area contributed by atoms with Crippen LogP contribution in [-0.2, 0) is 14.8 Å². The summed E-state index contributed by atoms with van der Waals surface area (Å²) in [6.45, 7) is 4.18. The number of ether oxygens (including phenoxy) is 1. The summed E-state index contributed by atoms with van der Waals surface area (Å²) < 4.78 is 61.2. The van der Waals surface area contributed by atoms with Gasteiger partial charge in [-0.2, -0.15) is 4.98 Å². The van der Waals surface area contributed by atoms with E-state index in [1.54, 1.807) is 36.1 Å². The minimum Gasteiger partial charge on any atom is -0.380 e. The summed E-state index contributed by atoms with van der Waals surface area (Å²) >= 11 is 0. The molecule has 1 aliphatic carbocycles. The van der Waals surface area contributed by atoms with Crippen molar-refractivity contribution < 1.29 is 26.7 Å². The van der Waals surface area contributed by atoms with E-state index in [0.29, 0.717) is 47.0 Å². The molecule has 10 nitrogen and oxygen atoms in total. The Hall–Kier alpha value is -3.06. The Morgan fingerprint density at radius 2 is 1.71 bits per heavy atom. The third-order valence-electron chi connectivity index (χ3n) is 8.81. The third-order valence-corrected chi connectivity index (χ3v) is 10.6. The van der Waals surface area contributed by atoms with Gasteiger partial charge in [0.25, 0.3) is 11.8 Å². The van der Waals surface area contributed by atoms with Crippen LogP contribution in [0.3, 0.4) is 0 Å².